The van der Waals surface area contributed by atoms with E-state index in [1.54, 1.807) is 0 Å². The molecule has 9 nitrogen and oxygen atoms in total. The number of carbonyl (C=O) groups excluding carboxylic acids is 1. The lowest BCUT2D eigenvalue weighted by Gasteiger charge is -2.30. The molecule has 0 radical (unpaired) electrons. The number of anilines is 1. The lowest BCUT2D eigenvalue weighted by Crippen LogP contribution is -2.46. The fraction of sp³-hybridized carbons (Fsp3) is 0.471. The molecular weight excluding hydrogens is 414 g/mol. The first-order valence-corrected chi connectivity index (χ1v) is 9.25. The van der Waals surface area contributed by atoms with Crippen molar-refractivity contribution in [3.05, 3.63) is 29.0 Å². The van der Waals surface area contributed by atoms with E-state index < -0.39 is 5.82 Å². The molecular formula is C17H19ClF2N4O5. The van der Waals surface area contributed by atoms with Crippen molar-refractivity contribution in [3.8, 4) is 11.8 Å². The number of halogens is 3. The number of hydrogen-bond donors (Lipinski definition) is 1. The summed E-state index contributed by atoms with van der Waals surface area (Å²) in [7, 11) is 0. The van der Waals surface area contributed by atoms with Crippen LogP contribution >= 0.6 is 11.6 Å². The van der Waals surface area contributed by atoms with Crippen molar-refractivity contribution in [2.75, 3.05) is 37.8 Å². The molecule has 1 N–H and O–H groups in total. The molecule has 0 aliphatic carbocycles. The van der Waals surface area contributed by atoms with Gasteiger partial charge in [-0.2, -0.15) is 4.94 Å². The maximum Gasteiger partial charge on any atom is 0.416 e. The maximum atomic E-state index is 13.4. The third kappa shape index (κ3) is 6.16. The normalized spacial score (nSPS) is 14.7. The predicted octanol–water partition coefficient (Wildman–Crippen LogP) is 2.31. The highest BCUT2D eigenvalue weighted by molar-refractivity contribution is 6.30. The van der Waals surface area contributed by atoms with Crippen LogP contribution in [0.15, 0.2) is 22.6 Å². The van der Waals surface area contributed by atoms with Gasteiger partial charge in [0.25, 0.3) is 5.91 Å². The third-order valence-electron chi connectivity index (χ3n) is 4.17. The summed E-state index contributed by atoms with van der Waals surface area (Å²) in [4.78, 5) is 17.3. The number of benzene rings is 1. The number of carbonyl (C=O) groups is 1. The van der Waals surface area contributed by atoms with E-state index >= 15 is 0 Å². The van der Waals surface area contributed by atoms with Gasteiger partial charge in [-0.05, 0) is 29.5 Å². The second kappa shape index (κ2) is 10.2. The van der Waals surface area contributed by atoms with Gasteiger partial charge in [-0.15, -0.1) is 0 Å². The van der Waals surface area contributed by atoms with Gasteiger partial charge in [-0.3, -0.25) is 4.79 Å². The van der Waals surface area contributed by atoms with Crippen molar-refractivity contribution in [1.29, 1.82) is 0 Å². The topological polar surface area (TPSA) is 99.0 Å². The van der Waals surface area contributed by atoms with Crippen LogP contribution in [0.3, 0.4) is 0 Å². The highest BCUT2D eigenvalue weighted by Gasteiger charge is 2.24. The molecule has 158 valence electrons. The highest BCUT2D eigenvalue weighted by atomic mass is 35.5. The van der Waals surface area contributed by atoms with E-state index in [-0.39, 0.29) is 48.6 Å². The summed E-state index contributed by atoms with van der Waals surface area (Å²) < 4.78 is 40.6. The SMILES string of the molecule is O=C(COc1ccc(Cl)c(F)c1)NC1CCN(c2nnc(OCCOF)o2)CC1. The van der Waals surface area contributed by atoms with E-state index in [1.807, 2.05) is 4.90 Å². The summed E-state index contributed by atoms with van der Waals surface area (Å²) in [5.41, 5.74) is 0. The maximum absolute atomic E-state index is 13.4. The predicted molar refractivity (Wildman–Crippen MR) is 97.1 cm³/mol. The first-order chi connectivity index (χ1) is 14.0. The number of hydrogen-bond acceptors (Lipinski definition) is 8. The Kier molecular flexibility index (Phi) is 7.42. The molecule has 1 aromatic heterocycles. The van der Waals surface area contributed by atoms with Gasteiger partial charge < -0.3 is 24.1 Å². The molecule has 2 aromatic rings. The van der Waals surface area contributed by atoms with Gasteiger partial charge >= 0.3 is 12.1 Å². The Morgan fingerprint density at radius 3 is 2.79 bits per heavy atom. The molecule has 1 aliphatic heterocycles. The molecule has 0 unspecified atom stereocenters. The van der Waals surface area contributed by atoms with Gasteiger partial charge in [0.1, 0.15) is 24.8 Å². The minimum Gasteiger partial charge on any atom is -0.484 e. The Hall–Kier alpha value is -2.66. The summed E-state index contributed by atoms with van der Waals surface area (Å²) in [5, 5.41) is 10.5. The third-order valence-corrected chi connectivity index (χ3v) is 4.48. The van der Waals surface area contributed by atoms with Crippen molar-refractivity contribution >= 4 is 23.5 Å². The molecule has 0 bridgehead atoms. The van der Waals surface area contributed by atoms with E-state index in [9.17, 15) is 13.7 Å². The Morgan fingerprint density at radius 2 is 2.07 bits per heavy atom. The number of amides is 1. The summed E-state index contributed by atoms with van der Waals surface area (Å²) >= 11 is 5.60. The van der Waals surface area contributed by atoms with E-state index in [2.05, 4.69) is 20.5 Å². The molecule has 0 atom stereocenters. The first kappa shape index (κ1) is 21.1. The van der Waals surface area contributed by atoms with Crippen molar-refractivity contribution in [2.45, 2.75) is 18.9 Å². The van der Waals surface area contributed by atoms with Crippen LogP contribution in [-0.4, -0.2) is 55.1 Å². The van der Waals surface area contributed by atoms with Crippen LogP contribution in [0.4, 0.5) is 14.9 Å². The number of ether oxygens (including phenoxy) is 2. The van der Waals surface area contributed by atoms with Crippen LogP contribution < -0.4 is 19.7 Å². The van der Waals surface area contributed by atoms with Gasteiger partial charge in [-0.25, -0.2) is 4.39 Å². The molecule has 1 aromatic carbocycles. The molecule has 1 aliphatic rings. The fourth-order valence-electron chi connectivity index (χ4n) is 2.75. The zero-order valence-corrected chi connectivity index (χ0v) is 16.0. The summed E-state index contributed by atoms with van der Waals surface area (Å²) in [5.74, 6) is -0.686. The van der Waals surface area contributed by atoms with E-state index in [0.29, 0.717) is 31.9 Å². The Balaban J connectivity index is 1.39. The zero-order chi connectivity index (χ0) is 20.6. The number of rotatable bonds is 9. The van der Waals surface area contributed by atoms with Crippen LogP contribution in [0.2, 0.25) is 5.02 Å². The van der Waals surface area contributed by atoms with E-state index in [0.717, 1.165) is 6.07 Å². The first-order valence-electron chi connectivity index (χ1n) is 8.87. The van der Waals surface area contributed by atoms with Crippen LogP contribution in [0.1, 0.15) is 12.8 Å². The summed E-state index contributed by atoms with van der Waals surface area (Å²) in [6.45, 7) is 0.664. The quantitative estimate of drug-likeness (QED) is 0.603. The van der Waals surface area contributed by atoms with E-state index in [4.69, 9.17) is 25.5 Å². The van der Waals surface area contributed by atoms with Crippen LogP contribution in [-0.2, 0) is 9.74 Å². The largest absolute Gasteiger partial charge is 0.484 e. The second-order valence-electron chi connectivity index (χ2n) is 6.21. The molecule has 1 saturated heterocycles. The van der Waals surface area contributed by atoms with Crippen LogP contribution in [0, 0.1) is 5.82 Å². The number of aromatic nitrogens is 2. The fourth-order valence-corrected chi connectivity index (χ4v) is 2.87. The monoisotopic (exact) mass is 432 g/mol. The molecule has 3 rings (SSSR count). The summed E-state index contributed by atoms with van der Waals surface area (Å²) in [6, 6.07) is 4.23. The second-order valence-corrected chi connectivity index (χ2v) is 6.61. The van der Waals surface area contributed by atoms with Crippen molar-refractivity contribution in [1.82, 2.24) is 15.5 Å². The van der Waals surface area contributed by atoms with Crippen molar-refractivity contribution < 1.29 is 32.5 Å². The lowest BCUT2D eigenvalue weighted by atomic mass is 10.1. The Labute approximate surface area is 169 Å². The van der Waals surface area contributed by atoms with Gasteiger partial charge in [0.15, 0.2) is 6.61 Å². The van der Waals surface area contributed by atoms with Crippen LogP contribution in [0.5, 0.6) is 11.8 Å². The minimum absolute atomic E-state index is 0.0118. The smallest absolute Gasteiger partial charge is 0.416 e. The van der Waals surface area contributed by atoms with Gasteiger partial charge in [0.05, 0.1) is 5.02 Å². The van der Waals surface area contributed by atoms with Gasteiger partial charge in [0.2, 0.25) is 0 Å². The molecule has 0 saturated carbocycles. The highest BCUT2D eigenvalue weighted by Crippen LogP contribution is 2.22. The van der Waals surface area contributed by atoms with Crippen LogP contribution in [0.25, 0.3) is 0 Å². The molecule has 1 fully saturated rings. The molecule has 29 heavy (non-hydrogen) atoms. The van der Waals surface area contributed by atoms with Gasteiger partial charge in [0, 0.05) is 25.2 Å². The molecule has 0 spiro atoms. The average molecular weight is 433 g/mol. The van der Waals surface area contributed by atoms with Crippen molar-refractivity contribution in [2.24, 2.45) is 0 Å². The Bertz CT molecular complexity index is 817. The number of piperidine rings is 1. The summed E-state index contributed by atoms with van der Waals surface area (Å²) in [6.07, 6.45) is 1.26. The Morgan fingerprint density at radius 1 is 1.28 bits per heavy atom. The number of nitrogens with zero attached hydrogens (tertiary/aromatic N) is 3. The average Bonchev–Trinajstić information content (AvgIpc) is 3.19. The molecule has 2 heterocycles. The molecule has 1 amide bonds. The standard InChI is InChI=1S/C17H19ClF2N4O5/c18-13-2-1-12(9-14(13)19)27-10-15(25)21-11-3-5-24(6-4-11)16-22-23-17(29-16)26-7-8-28-20/h1-2,9,11H,3-8,10H2,(H,21,25). The molecule has 12 heteroatoms. The lowest BCUT2D eigenvalue weighted by molar-refractivity contribution is -0.139. The van der Waals surface area contributed by atoms with Crippen molar-refractivity contribution in [3.63, 3.8) is 0 Å². The van der Waals surface area contributed by atoms with E-state index in [1.165, 1.54) is 12.1 Å². The zero-order valence-electron chi connectivity index (χ0n) is 15.3. The van der Waals surface area contributed by atoms with Gasteiger partial charge in [-0.1, -0.05) is 21.8 Å². The minimum atomic E-state index is -0.609. The number of nitrogens with one attached hydrogen (secondary N) is 1.